The van der Waals surface area contributed by atoms with Gasteiger partial charge in [-0.1, -0.05) is 51.4 Å². The molecule has 0 amide bonds. The Morgan fingerprint density at radius 2 is 1.83 bits per heavy atom. The molecule has 0 saturated heterocycles. The van der Waals surface area contributed by atoms with E-state index >= 15 is 0 Å². The first-order chi connectivity index (χ1) is 11.1. The third kappa shape index (κ3) is 6.71. The molecule has 0 unspecified atom stereocenters. The second kappa shape index (κ2) is 10.4. The van der Waals surface area contributed by atoms with Crippen molar-refractivity contribution >= 4 is 11.6 Å². The zero-order valence-electron chi connectivity index (χ0n) is 14.8. The van der Waals surface area contributed by atoms with Gasteiger partial charge in [-0.3, -0.25) is 4.90 Å². The number of hydrogen-bond donors (Lipinski definition) is 0. The van der Waals surface area contributed by atoms with Crippen LogP contribution in [0.3, 0.4) is 0 Å². The number of aromatic nitrogens is 2. The van der Waals surface area contributed by atoms with Crippen molar-refractivity contribution in [1.29, 1.82) is 0 Å². The third-order valence-corrected chi connectivity index (χ3v) is 3.34. The van der Waals surface area contributed by atoms with Gasteiger partial charge in [0.1, 0.15) is 0 Å². The summed E-state index contributed by atoms with van der Waals surface area (Å²) in [6.07, 6.45) is 1.12. The highest BCUT2D eigenvalue weighted by Crippen LogP contribution is 2.19. The molecule has 5 heteroatoms. The number of hydrogen-bond acceptors (Lipinski definition) is 4. The fourth-order valence-corrected chi connectivity index (χ4v) is 2.42. The van der Waals surface area contributed by atoms with E-state index in [0.717, 1.165) is 25.1 Å². The molecule has 0 saturated carbocycles. The van der Waals surface area contributed by atoms with Crippen molar-refractivity contribution in [1.82, 2.24) is 15.0 Å². The summed E-state index contributed by atoms with van der Waals surface area (Å²) >= 11 is 5.89. The summed E-state index contributed by atoms with van der Waals surface area (Å²) in [6, 6.07) is 7.45. The van der Waals surface area contributed by atoms with Crippen LogP contribution >= 0.6 is 11.6 Å². The van der Waals surface area contributed by atoms with Crippen LogP contribution in [-0.2, 0) is 6.54 Å². The molecule has 0 fully saturated rings. The molecular weight excluding hydrogens is 310 g/mol. The van der Waals surface area contributed by atoms with Crippen LogP contribution in [0.2, 0.25) is 5.02 Å². The Hall–Kier alpha value is -1.39. The summed E-state index contributed by atoms with van der Waals surface area (Å²) in [5.41, 5.74) is 0.917. The van der Waals surface area contributed by atoms with Crippen molar-refractivity contribution in [2.45, 2.75) is 47.6 Å². The number of nitrogens with zero attached hydrogens (tertiary/aromatic N) is 3. The normalized spacial score (nSPS) is 10.8. The summed E-state index contributed by atoms with van der Waals surface area (Å²) in [4.78, 5) is 6.83. The lowest BCUT2D eigenvalue weighted by molar-refractivity contribution is 0.205. The van der Waals surface area contributed by atoms with Crippen molar-refractivity contribution in [3.8, 4) is 11.4 Å². The van der Waals surface area contributed by atoms with E-state index in [9.17, 15) is 0 Å². The largest absolute Gasteiger partial charge is 0.338 e. The van der Waals surface area contributed by atoms with Gasteiger partial charge in [0.05, 0.1) is 6.54 Å². The van der Waals surface area contributed by atoms with Crippen LogP contribution in [0.1, 0.15) is 46.9 Å². The lowest BCUT2D eigenvalue weighted by Crippen LogP contribution is -2.28. The zero-order chi connectivity index (χ0) is 17.2. The van der Waals surface area contributed by atoms with Gasteiger partial charge in [-0.05, 0) is 43.1 Å². The summed E-state index contributed by atoms with van der Waals surface area (Å²) in [6.45, 7) is 13.4. The average Bonchev–Trinajstić information content (AvgIpc) is 2.98. The first kappa shape index (κ1) is 19.7. The van der Waals surface area contributed by atoms with Crippen LogP contribution in [0.5, 0.6) is 0 Å². The van der Waals surface area contributed by atoms with Crippen molar-refractivity contribution in [2.75, 3.05) is 13.1 Å². The molecular formula is C18H28ClN3O. The molecule has 1 aromatic carbocycles. The molecule has 23 heavy (non-hydrogen) atoms. The number of benzene rings is 1. The second-order valence-corrected chi connectivity index (χ2v) is 6.08. The third-order valence-electron chi connectivity index (χ3n) is 3.09. The van der Waals surface area contributed by atoms with Gasteiger partial charge < -0.3 is 4.52 Å². The van der Waals surface area contributed by atoms with E-state index in [2.05, 4.69) is 35.8 Å². The number of rotatable bonds is 7. The van der Waals surface area contributed by atoms with Gasteiger partial charge in [0.2, 0.25) is 11.7 Å². The molecule has 0 bridgehead atoms. The molecule has 0 atom stereocenters. The summed E-state index contributed by atoms with van der Waals surface area (Å²) in [5, 5.41) is 4.75. The predicted molar refractivity (Wildman–Crippen MR) is 96.5 cm³/mol. The Morgan fingerprint density at radius 3 is 2.39 bits per heavy atom. The van der Waals surface area contributed by atoms with E-state index in [4.69, 9.17) is 16.1 Å². The lowest BCUT2D eigenvalue weighted by atomic mass is 10.2. The van der Waals surface area contributed by atoms with Crippen LogP contribution in [0.15, 0.2) is 28.8 Å². The van der Waals surface area contributed by atoms with E-state index < -0.39 is 0 Å². The molecule has 2 aromatic rings. The first-order valence-electron chi connectivity index (χ1n) is 8.39. The molecule has 0 aliphatic carbocycles. The van der Waals surface area contributed by atoms with Gasteiger partial charge in [0.15, 0.2) is 0 Å². The van der Waals surface area contributed by atoms with Crippen LogP contribution in [-0.4, -0.2) is 28.1 Å². The molecule has 0 aliphatic rings. The fourth-order valence-electron chi connectivity index (χ4n) is 2.29. The van der Waals surface area contributed by atoms with Gasteiger partial charge in [-0.15, -0.1) is 0 Å². The summed E-state index contributed by atoms with van der Waals surface area (Å²) in [5.74, 6) is 1.90. The topological polar surface area (TPSA) is 42.2 Å². The van der Waals surface area contributed by atoms with E-state index in [1.54, 1.807) is 0 Å². The molecule has 0 aliphatic heterocycles. The van der Waals surface area contributed by atoms with Gasteiger partial charge in [0, 0.05) is 17.1 Å². The summed E-state index contributed by atoms with van der Waals surface area (Å²) in [7, 11) is 0. The molecule has 0 N–H and O–H groups in total. The molecule has 2 rings (SSSR count). The SMILES string of the molecule is CC.CCCN(Cc1nc(-c2ccc(Cl)cc2)no1)CC(C)C. The van der Waals surface area contributed by atoms with Crippen LogP contribution in [0.4, 0.5) is 0 Å². The minimum atomic E-state index is 0.614. The molecule has 0 radical (unpaired) electrons. The Bertz CT molecular complexity index is 552. The van der Waals surface area contributed by atoms with E-state index in [-0.39, 0.29) is 0 Å². The zero-order valence-corrected chi connectivity index (χ0v) is 15.6. The van der Waals surface area contributed by atoms with Crippen LogP contribution in [0.25, 0.3) is 11.4 Å². The highest BCUT2D eigenvalue weighted by molar-refractivity contribution is 6.30. The average molecular weight is 338 g/mol. The Balaban J connectivity index is 0.00000127. The lowest BCUT2D eigenvalue weighted by Gasteiger charge is -2.21. The molecule has 1 aromatic heterocycles. The van der Waals surface area contributed by atoms with E-state index in [0.29, 0.717) is 29.2 Å². The molecule has 128 valence electrons. The van der Waals surface area contributed by atoms with Crippen LogP contribution in [0, 0.1) is 5.92 Å². The maximum atomic E-state index is 5.89. The van der Waals surface area contributed by atoms with Crippen molar-refractivity contribution in [2.24, 2.45) is 5.92 Å². The van der Waals surface area contributed by atoms with Crippen molar-refractivity contribution < 1.29 is 4.52 Å². The minimum absolute atomic E-state index is 0.614. The Kier molecular flexibility index (Phi) is 8.89. The molecule has 4 nitrogen and oxygen atoms in total. The molecule has 0 spiro atoms. The van der Waals surface area contributed by atoms with Gasteiger partial charge in [0.25, 0.3) is 0 Å². The highest BCUT2D eigenvalue weighted by atomic mass is 35.5. The monoisotopic (exact) mass is 337 g/mol. The van der Waals surface area contributed by atoms with Gasteiger partial charge in [-0.25, -0.2) is 0 Å². The first-order valence-corrected chi connectivity index (χ1v) is 8.77. The number of halogens is 1. The quantitative estimate of drug-likeness (QED) is 0.689. The molecule has 1 heterocycles. The van der Waals surface area contributed by atoms with Crippen molar-refractivity contribution in [3.05, 3.63) is 35.2 Å². The minimum Gasteiger partial charge on any atom is -0.338 e. The predicted octanol–water partition coefficient (Wildman–Crippen LogP) is 5.28. The van der Waals surface area contributed by atoms with E-state index in [1.807, 2.05) is 38.1 Å². The van der Waals surface area contributed by atoms with Crippen LogP contribution < -0.4 is 0 Å². The van der Waals surface area contributed by atoms with E-state index in [1.165, 1.54) is 0 Å². The van der Waals surface area contributed by atoms with Gasteiger partial charge >= 0.3 is 0 Å². The second-order valence-electron chi connectivity index (χ2n) is 5.65. The maximum absolute atomic E-state index is 5.89. The van der Waals surface area contributed by atoms with Gasteiger partial charge in [-0.2, -0.15) is 4.98 Å². The highest BCUT2D eigenvalue weighted by Gasteiger charge is 2.13. The Labute approximate surface area is 144 Å². The maximum Gasteiger partial charge on any atom is 0.241 e. The smallest absolute Gasteiger partial charge is 0.241 e. The summed E-state index contributed by atoms with van der Waals surface area (Å²) < 4.78 is 5.37. The Morgan fingerprint density at radius 1 is 1.17 bits per heavy atom. The fraction of sp³-hybridized carbons (Fsp3) is 0.556. The standard InChI is InChI=1S/C16H22ClN3O.C2H6/c1-4-9-20(10-12(2)3)11-15-18-16(19-21-15)13-5-7-14(17)8-6-13;1-2/h5-8,12H,4,9-11H2,1-3H3;1-2H3. The van der Waals surface area contributed by atoms with Crippen molar-refractivity contribution in [3.63, 3.8) is 0 Å².